The van der Waals surface area contributed by atoms with E-state index in [9.17, 15) is 14.7 Å². The van der Waals surface area contributed by atoms with Crippen LogP contribution in [0.1, 0.15) is 12.0 Å². The topological polar surface area (TPSA) is 72.8 Å². The fourth-order valence-electron chi connectivity index (χ4n) is 2.58. The summed E-state index contributed by atoms with van der Waals surface area (Å²) in [6, 6.07) is 16.9. The molecule has 0 aliphatic heterocycles. The summed E-state index contributed by atoms with van der Waals surface area (Å²) in [5, 5.41) is 10.9. The van der Waals surface area contributed by atoms with E-state index >= 15 is 0 Å². The van der Waals surface area contributed by atoms with Gasteiger partial charge in [-0.15, -0.1) is 0 Å². The maximum absolute atomic E-state index is 12.2. The highest BCUT2D eigenvalue weighted by atomic mass is 16.5. The predicted molar refractivity (Wildman–Crippen MR) is 103 cm³/mol. The van der Waals surface area contributed by atoms with E-state index in [1.165, 1.54) is 26.4 Å². The highest BCUT2D eigenvalue weighted by Crippen LogP contribution is 2.29. The van der Waals surface area contributed by atoms with Gasteiger partial charge in [0.05, 0.1) is 14.2 Å². The molecule has 140 valence electrons. The monoisotopic (exact) mass is 366 g/mol. The van der Waals surface area contributed by atoms with E-state index in [1.807, 2.05) is 42.5 Å². The predicted octanol–water partition coefficient (Wildman–Crippen LogP) is 3.39. The van der Waals surface area contributed by atoms with Crippen LogP contribution in [0.2, 0.25) is 0 Å². The van der Waals surface area contributed by atoms with Crippen molar-refractivity contribution >= 4 is 11.9 Å². The van der Waals surface area contributed by atoms with Crippen molar-refractivity contribution in [2.75, 3.05) is 14.2 Å². The third-order valence-corrected chi connectivity index (χ3v) is 4.09. The van der Waals surface area contributed by atoms with Crippen molar-refractivity contribution < 1.29 is 24.2 Å². The van der Waals surface area contributed by atoms with Gasteiger partial charge >= 0.3 is 11.9 Å². The Morgan fingerprint density at radius 1 is 0.926 bits per heavy atom. The van der Waals surface area contributed by atoms with Crippen LogP contribution >= 0.6 is 0 Å². The van der Waals surface area contributed by atoms with Crippen LogP contribution in [0, 0.1) is 0 Å². The number of methoxy groups -OCH3 is 2. The second-order valence-electron chi connectivity index (χ2n) is 5.81. The first-order chi connectivity index (χ1) is 13.0. The van der Waals surface area contributed by atoms with Crippen molar-refractivity contribution in [3.05, 3.63) is 84.5 Å². The number of aliphatic hydroxyl groups is 1. The summed E-state index contributed by atoms with van der Waals surface area (Å²) in [7, 11) is 2.51. The van der Waals surface area contributed by atoms with Crippen LogP contribution in [0.5, 0.6) is 0 Å². The Bertz CT molecular complexity index is 822. The number of allylic oxidation sites excluding steroid dienone is 2. The number of hydrogen-bond donors (Lipinski definition) is 1. The summed E-state index contributed by atoms with van der Waals surface area (Å²) in [6.45, 7) is 0. The molecule has 0 amide bonds. The third-order valence-electron chi connectivity index (χ3n) is 4.09. The van der Waals surface area contributed by atoms with Gasteiger partial charge in [-0.1, -0.05) is 72.8 Å². The normalized spacial score (nSPS) is 13.4. The molecule has 1 atom stereocenters. The van der Waals surface area contributed by atoms with Crippen LogP contribution < -0.4 is 0 Å². The minimum absolute atomic E-state index is 0.00410. The summed E-state index contributed by atoms with van der Waals surface area (Å²) >= 11 is 0. The van der Waals surface area contributed by atoms with Gasteiger partial charge in [-0.2, -0.15) is 0 Å². The van der Waals surface area contributed by atoms with Gasteiger partial charge in [0.2, 0.25) is 0 Å². The number of benzene rings is 2. The van der Waals surface area contributed by atoms with Crippen LogP contribution in [-0.2, 0) is 24.7 Å². The quantitative estimate of drug-likeness (QED) is 0.462. The van der Waals surface area contributed by atoms with Gasteiger partial charge in [0, 0.05) is 12.5 Å². The molecule has 5 nitrogen and oxygen atoms in total. The number of ether oxygens (including phenoxy) is 2. The van der Waals surface area contributed by atoms with E-state index in [0.29, 0.717) is 5.56 Å². The molecule has 0 aliphatic carbocycles. The lowest BCUT2D eigenvalue weighted by molar-refractivity contribution is -0.163. The highest BCUT2D eigenvalue weighted by Gasteiger charge is 2.38. The van der Waals surface area contributed by atoms with Crippen LogP contribution in [0.4, 0.5) is 0 Å². The Balaban J connectivity index is 2.22. The summed E-state index contributed by atoms with van der Waals surface area (Å²) in [5.74, 6) is -1.24. The molecule has 0 bridgehead atoms. The largest absolute Gasteiger partial charge is 0.467 e. The molecule has 2 aromatic rings. The summed E-state index contributed by atoms with van der Waals surface area (Å²) in [5.41, 5.74) is 0.622. The van der Waals surface area contributed by atoms with E-state index in [2.05, 4.69) is 4.74 Å². The summed E-state index contributed by atoms with van der Waals surface area (Å²) in [4.78, 5) is 23.2. The molecular weight excluding hydrogens is 344 g/mol. The van der Waals surface area contributed by atoms with Gasteiger partial charge in [-0.3, -0.25) is 0 Å². The average Bonchev–Trinajstić information content (AvgIpc) is 2.73. The molecule has 0 aromatic heterocycles. The second-order valence-corrected chi connectivity index (χ2v) is 5.81. The fraction of sp³-hybridized carbons (Fsp3) is 0.182. The lowest BCUT2D eigenvalue weighted by atomic mass is 9.89. The number of esters is 2. The van der Waals surface area contributed by atoms with Gasteiger partial charge in [-0.25, -0.2) is 9.59 Å². The molecule has 0 aliphatic rings. The van der Waals surface area contributed by atoms with Gasteiger partial charge in [0.15, 0.2) is 5.60 Å². The van der Waals surface area contributed by atoms with Crippen LogP contribution in [0.15, 0.2) is 78.9 Å². The Hall–Kier alpha value is -3.18. The number of rotatable bonds is 7. The molecule has 0 saturated carbocycles. The first-order valence-electron chi connectivity index (χ1n) is 8.39. The maximum Gasteiger partial charge on any atom is 0.342 e. The van der Waals surface area contributed by atoms with E-state index in [1.54, 1.807) is 24.3 Å². The Kier molecular flexibility index (Phi) is 7.08. The van der Waals surface area contributed by atoms with E-state index < -0.39 is 17.5 Å². The van der Waals surface area contributed by atoms with Crippen molar-refractivity contribution in [3.8, 4) is 11.1 Å². The van der Waals surface area contributed by atoms with E-state index in [0.717, 1.165) is 11.1 Å². The molecule has 2 aromatic carbocycles. The number of hydrogen-bond acceptors (Lipinski definition) is 5. The van der Waals surface area contributed by atoms with Crippen LogP contribution in [-0.4, -0.2) is 31.3 Å². The van der Waals surface area contributed by atoms with Gasteiger partial charge in [0.25, 0.3) is 0 Å². The molecule has 0 heterocycles. The number of carbonyl (C=O) groups is 2. The van der Waals surface area contributed by atoms with Crippen molar-refractivity contribution in [3.63, 3.8) is 0 Å². The molecule has 0 saturated heterocycles. The molecule has 0 spiro atoms. The van der Waals surface area contributed by atoms with Gasteiger partial charge < -0.3 is 14.6 Å². The first-order valence-corrected chi connectivity index (χ1v) is 8.39. The first kappa shape index (κ1) is 20.1. The van der Waals surface area contributed by atoms with E-state index in [4.69, 9.17) is 4.74 Å². The minimum Gasteiger partial charge on any atom is -0.467 e. The van der Waals surface area contributed by atoms with Gasteiger partial charge in [0.1, 0.15) is 0 Å². The molecule has 2 rings (SSSR count). The van der Waals surface area contributed by atoms with Crippen molar-refractivity contribution in [1.82, 2.24) is 0 Å². The minimum atomic E-state index is -1.82. The second kappa shape index (κ2) is 9.50. The van der Waals surface area contributed by atoms with E-state index in [-0.39, 0.29) is 6.42 Å². The fourth-order valence-corrected chi connectivity index (χ4v) is 2.58. The zero-order valence-corrected chi connectivity index (χ0v) is 15.3. The molecule has 0 fully saturated rings. The molecule has 27 heavy (non-hydrogen) atoms. The molecule has 1 N–H and O–H groups in total. The average molecular weight is 366 g/mol. The smallest absolute Gasteiger partial charge is 0.342 e. The number of carbonyl (C=O) groups excluding carboxylic acids is 2. The Morgan fingerprint density at radius 3 is 2.15 bits per heavy atom. The van der Waals surface area contributed by atoms with Crippen molar-refractivity contribution in [2.24, 2.45) is 0 Å². The molecule has 0 radical (unpaired) electrons. The van der Waals surface area contributed by atoms with Crippen molar-refractivity contribution in [1.29, 1.82) is 0 Å². The molecular formula is C22H22O5. The summed E-state index contributed by atoms with van der Waals surface area (Å²) in [6.07, 6.45) is 5.85. The van der Waals surface area contributed by atoms with Crippen LogP contribution in [0.25, 0.3) is 11.1 Å². The zero-order valence-electron chi connectivity index (χ0n) is 15.3. The molecule has 1 unspecified atom stereocenters. The summed E-state index contributed by atoms with van der Waals surface area (Å²) < 4.78 is 9.27. The lowest BCUT2D eigenvalue weighted by Crippen LogP contribution is -2.36. The standard InChI is InChI=1S/C22H22O5/c1-26-20(23)11-7-4-8-16-22(25,21(24)27-2)19-14-12-18(13-15-19)17-9-5-3-6-10-17/h3-15,25H,16H2,1-2H3/b8-4+,11-7+. The Morgan fingerprint density at radius 2 is 1.56 bits per heavy atom. The highest BCUT2D eigenvalue weighted by molar-refractivity contribution is 5.82. The third kappa shape index (κ3) is 5.15. The van der Waals surface area contributed by atoms with Crippen molar-refractivity contribution in [2.45, 2.75) is 12.0 Å². The Labute approximate surface area is 158 Å². The zero-order chi connectivity index (χ0) is 19.7. The van der Waals surface area contributed by atoms with Gasteiger partial charge in [-0.05, 0) is 16.7 Å². The maximum atomic E-state index is 12.2. The lowest BCUT2D eigenvalue weighted by Gasteiger charge is -2.24. The SMILES string of the molecule is COC(=O)/C=C/C=C/CC(O)(C(=O)OC)c1ccc(-c2ccccc2)cc1. The van der Waals surface area contributed by atoms with Crippen LogP contribution in [0.3, 0.4) is 0 Å². The molecule has 5 heteroatoms.